The number of nitrogen functional groups attached to an aromatic ring is 1. The second kappa shape index (κ2) is 4.01. The van der Waals surface area contributed by atoms with Crippen molar-refractivity contribution in [3.8, 4) is 0 Å². The van der Waals surface area contributed by atoms with Crippen LogP contribution in [0.3, 0.4) is 0 Å². The van der Waals surface area contributed by atoms with Crippen molar-refractivity contribution in [3.63, 3.8) is 0 Å². The molecule has 0 atom stereocenters. The first-order valence-corrected chi connectivity index (χ1v) is 5.13. The molecular formula is C11H9F3N2O2. The molecule has 1 aliphatic rings. The average molecular weight is 258 g/mol. The lowest BCUT2D eigenvalue weighted by atomic mass is 10.0. The molecule has 0 saturated carbocycles. The van der Waals surface area contributed by atoms with Crippen LogP contribution in [0.5, 0.6) is 0 Å². The third-order valence-corrected chi connectivity index (χ3v) is 2.65. The molecule has 1 aromatic rings. The lowest BCUT2D eigenvalue weighted by Gasteiger charge is -2.28. The number of hydrogen-bond acceptors (Lipinski definition) is 3. The molecule has 2 amide bonds. The summed E-state index contributed by atoms with van der Waals surface area (Å²) in [4.78, 5) is 22.9. The fourth-order valence-corrected chi connectivity index (χ4v) is 1.86. The highest BCUT2D eigenvalue weighted by molar-refractivity contribution is 6.18. The van der Waals surface area contributed by atoms with Crippen LogP contribution in [0.4, 0.5) is 24.5 Å². The third kappa shape index (κ3) is 2.03. The van der Waals surface area contributed by atoms with Crippen LogP contribution in [0.15, 0.2) is 18.2 Å². The number of hydrogen-bond donors (Lipinski definition) is 1. The Labute approximate surface area is 100 Å². The number of amides is 2. The van der Waals surface area contributed by atoms with E-state index in [1.807, 2.05) is 0 Å². The molecule has 0 aliphatic carbocycles. The molecule has 18 heavy (non-hydrogen) atoms. The molecule has 1 aliphatic heterocycles. The molecule has 7 heteroatoms. The van der Waals surface area contributed by atoms with Gasteiger partial charge in [0.15, 0.2) is 0 Å². The van der Waals surface area contributed by atoms with Crippen molar-refractivity contribution in [1.29, 1.82) is 0 Å². The number of benzene rings is 1. The fraction of sp³-hybridized carbons (Fsp3) is 0.273. The first kappa shape index (κ1) is 12.4. The second-order valence-electron chi connectivity index (χ2n) is 3.92. The largest absolute Gasteiger partial charge is 0.472 e. The predicted molar refractivity (Wildman–Crippen MR) is 57.7 cm³/mol. The number of imide groups is 1. The summed E-state index contributed by atoms with van der Waals surface area (Å²) in [5.41, 5.74) is 6.32. The Morgan fingerprint density at radius 1 is 1.28 bits per heavy atom. The minimum Gasteiger partial charge on any atom is -0.399 e. The Balaban J connectivity index is 2.49. The zero-order valence-corrected chi connectivity index (χ0v) is 9.12. The van der Waals surface area contributed by atoms with Crippen molar-refractivity contribution in [2.24, 2.45) is 0 Å². The summed E-state index contributed by atoms with van der Waals surface area (Å²) in [6.45, 7) is 0. The predicted octanol–water partition coefficient (Wildman–Crippen LogP) is 1.64. The maximum atomic E-state index is 12.4. The highest BCUT2D eigenvalue weighted by Gasteiger charge is 2.46. The van der Waals surface area contributed by atoms with Crippen LogP contribution in [-0.4, -0.2) is 18.0 Å². The van der Waals surface area contributed by atoms with E-state index in [2.05, 4.69) is 0 Å². The van der Waals surface area contributed by atoms with E-state index in [0.29, 0.717) is 11.3 Å². The minimum atomic E-state index is -5.08. The van der Waals surface area contributed by atoms with E-state index in [1.165, 1.54) is 18.2 Å². The van der Waals surface area contributed by atoms with Gasteiger partial charge < -0.3 is 5.73 Å². The van der Waals surface area contributed by atoms with Gasteiger partial charge in [0.25, 0.3) is 0 Å². The monoisotopic (exact) mass is 258 g/mol. The number of carbonyl (C=O) groups is 2. The summed E-state index contributed by atoms with van der Waals surface area (Å²) in [7, 11) is 0. The average Bonchev–Trinajstić information content (AvgIpc) is 2.27. The van der Waals surface area contributed by atoms with Gasteiger partial charge in [0.1, 0.15) is 0 Å². The topological polar surface area (TPSA) is 63.4 Å². The molecule has 1 heterocycles. The quantitative estimate of drug-likeness (QED) is 0.719. The Hall–Kier alpha value is -2.05. The van der Waals surface area contributed by atoms with Crippen LogP contribution >= 0.6 is 0 Å². The number of rotatable bonds is 0. The highest BCUT2D eigenvalue weighted by Crippen LogP contribution is 2.32. The molecule has 0 radical (unpaired) electrons. The number of aryl methyl sites for hydroxylation is 1. The maximum Gasteiger partial charge on any atom is 0.472 e. The molecule has 2 rings (SSSR count). The number of nitrogens with zero attached hydrogens (tertiary/aromatic N) is 1. The Morgan fingerprint density at radius 3 is 2.56 bits per heavy atom. The second-order valence-corrected chi connectivity index (χ2v) is 3.92. The van der Waals surface area contributed by atoms with E-state index in [-0.39, 0.29) is 23.4 Å². The SMILES string of the molecule is Nc1ccc2c(c1)CCC(=O)N2C(=O)C(F)(F)F. The van der Waals surface area contributed by atoms with Crippen molar-refractivity contribution in [2.45, 2.75) is 19.0 Å². The molecule has 0 spiro atoms. The van der Waals surface area contributed by atoms with Crippen molar-refractivity contribution in [1.82, 2.24) is 0 Å². The molecule has 4 nitrogen and oxygen atoms in total. The summed E-state index contributed by atoms with van der Waals surface area (Å²) in [6, 6.07) is 4.08. The van der Waals surface area contributed by atoms with E-state index in [4.69, 9.17) is 5.73 Å². The Bertz CT molecular complexity index is 526. The molecule has 0 aromatic heterocycles. The normalized spacial score (nSPS) is 15.5. The van der Waals surface area contributed by atoms with E-state index >= 15 is 0 Å². The first-order valence-electron chi connectivity index (χ1n) is 5.13. The number of alkyl halides is 3. The fourth-order valence-electron chi connectivity index (χ4n) is 1.86. The smallest absolute Gasteiger partial charge is 0.399 e. The molecule has 0 unspecified atom stereocenters. The molecule has 2 N–H and O–H groups in total. The number of nitrogens with two attached hydrogens (primary N) is 1. The summed E-state index contributed by atoms with van der Waals surface area (Å²) in [6.07, 6.45) is -4.94. The van der Waals surface area contributed by atoms with Gasteiger partial charge in [-0.25, -0.2) is 4.90 Å². The maximum absolute atomic E-state index is 12.4. The van der Waals surface area contributed by atoms with Crippen molar-refractivity contribution < 1.29 is 22.8 Å². The van der Waals surface area contributed by atoms with Gasteiger partial charge in [-0.05, 0) is 30.2 Å². The number of anilines is 2. The van der Waals surface area contributed by atoms with Crippen LogP contribution in [-0.2, 0) is 16.0 Å². The minimum absolute atomic E-state index is 0.0391. The van der Waals surface area contributed by atoms with Crippen molar-refractivity contribution >= 4 is 23.2 Å². The first-order chi connectivity index (χ1) is 8.30. The van der Waals surface area contributed by atoms with Crippen molar-refractivity contribution in [2.75, 3.05) is 10.6 Å². The van der Waals surface area contributed by atoms with Crippen molar-refractivity contribution in [3.05, 3.63) is 23.8 Å². The highest BCUT2D eigenvalue weighted by atomic mass is 19.4. The van der Waals surface area contributed by atoms with Crippen LogP contribution in [0.2, 0.25) is 0 Å². The Kier molecular flexibility index (Phi) is 2.76. The molecule has 1 aromatic carbocycles. The zero-order valence-electron chi connectivity index (χ0n) is 9.12. The third-order valence-electron chi connectivity index (χ3n) is 2.65. The van der Waals surface area contributed by atoms with E-state index in [0.717, 1.165) is 0 Å². The van der Waals surface area contributed by atoms with Gasteiger partial charge in [-0.2, -0.15) is 13.2 Å². The number of halogens is 3. The van der Waals surface area contributed by atoms with Gasteiger partial charge in [0.2, 0.25) is 5.91 Å². The van der Waals surface area contributed by atoms with Crippen LogP contribution in [0.1, 0.15) is 12.0 Å². The van der Waals surface area contributed by atoms with Gasteiger partial charge in [-0.15, -0.1) is 0 Å². The summed E-state index contributed by atoms with van der Waals surface area (Å²) in [5.74, 6) is -3.02. The summed E-state index contributed by atoms with van der Waals surface area (Å²) in [5, 5.41) is 0. The van der Waals surface area contributed by atoms with Gasteiger partial charge in [0, 0.05) is 12.1 Å². The standard InChI is InChI=1S/C11H9F3N2O2/c12-11(13,14)10(18)16-8-3-2-7(15)5-6(8)1-4-9(16)17/h2-3,5H,1,4,15H2. The number of fused-ring (bicyclic) bond motifs is 1. The van der Waals surface area contributed by atoms with E-state index < -0.39 is 18.0 Å². The van der Waals surface area contributed by atoms with Gasteiger partial charge in [-0.3, -0.25) is 9.59 Å². The summed E-state index contributed by atoms with van der Waals surface area (Å²) < 4.78 is 37.2. The van der Waals surface area contributed by atoms with Crippen LogP contribution in [0.25, 0.3) is 0 Å². The molecule has 96 valence electrons. The lowest BCUT2D eigenvalue weighted by Crippen LogP contribution is -2.47. The lowest BCUT2D eigenvalue weighted by molar-refractivity contribution is -0.171. The molecular weight excluding hydrogens is 249 g/mol. The van der Waals surface area contributed by atoms with E-state index in [9.17, 15) is 22.8 Å². The molecule has 0 fully saturated rings. The molecule has 0 saturated heterocycles. The summed E-state index contributed by atoms with van der Waals surface area (Å²) >= 11 is 0. The Morgan fingerprint density at radius 2 is 1.94 bits per heavy atom. The van der Waals surface area contributed by atoms with Crippen LogP contribution in [0, 0.1) is 0 Å². The van der Waals surface area contributed by atoms with Gasteiger partial charge in [-0.1, -0.05) is 0 Å². The zero-order chi connectivity index (χ0) is 13.5. The van der Waals surface area contributed by atoms with E-state index in [1.54, 1.807) is 0 Å². The molecule has 0 bridgehead atoms. The van der Waals surface area contributed by atoms with Gasteiger partial charge >= 0.3 is 12.1 Å². The van der Waals surface area contributed by atoms with Gasteiger partial charge in [0.05, 0.1) is 5.69 Å². The number of carbonyl (C=O) groups excluding carboxylic acids is 2. The van der Waals surface area contributed by atoms with Crippen LogP contribution < -0.4 is 10.6 Å².